The quantitative estimate of drug-likeness (QED) is 0.428. The van der Waals surface area contributed by atoms with Gasteiger partial charge in [0.15, 0.2) is 0 Å². The maximum Gasteiger partial charge on any atom is 0.410 e. The van der Waals surface area contributed by atoms with Crippen molar-refractivity contribution in [3.8, 4) is 5.75 Å². The summed E-state index contributed by atoms with van der Waals surface area (Å²) in [5.41, 5.74) is 2.28. The normalized spacial score (nSPS) is 13.7. The third kappa shape index (κ3) is 10.00. The van der Waals surface area contributed by atoms with Crippen molar-refractivity contribution in [3.63, 3.8) is 0 Å². The average Bonchev–Trinajstić information content (AvgIpc) is 2.86. The standard InChI is InChI=1S/C30H39N3O6/c1-29(2,3)38-27(35)31-17-20-37-25-13-11-24(12-14-25)32-26(34)23-9-7-21(8-10-23)22-15-18-33(19-16-22)28(36)39-30(4,5)6/h7-15H,16-20H2,1-6H3,(H,31,35)(H,32,34). The van der Waals surface area contributed by atoms with Crippen LogP contribution in [0, 0.1) is 0 Å². The molecule has 1 heterocycles. The van der Waals surface area contributed by atoms with Crippen LogP contribution in [0.4, 0.5) is 15.3 Å². The number of hydrogen-bond acceptors (Lipinski definition) is 6. The molecule has 0 spiro atoms. The first-order valence-corrected chi connectivity index (χ1v) is 13.1. The van der Waals surface area contributed by atoms with Gasteiger partial charge in [-0.3, -0.25) is 4.79 Å². The van der Waals surface area contributed by atoms with E-state index < -0.39 is 17.3 Å². The van der Waals surface area contributed by atoms with E-state index in [2.05, 4.69) is 10.6 Å². The molecule has 210 valence electrons. The third-order valence-electron chi connectivity index (χ3n) is 5.53. The predicted molar refractivity (Wildman–Crippen MR) is 151 cm³/mol. The topological polar surface area (TPSA) is 106 Å². The second kappa shape index (κ2) is 12.7. The Morgan fingerprint density at radius 3 is 2.08 bits per heavy atom. The van der Waals surface area contributed by atoms with Gasteiger partial charge >= 0.3 is 12.2 Å². The summed E-state index contributed by atoms with van der Waals surface area (Å²) >= 11 is 0. The van der Waals surface area contributed by atoms with E-state index in [9.17, 15) is 14.4 Å². The molecule has 0 bridgehead atoms. The van der Waals surface area contributed by atoms with Gasteiger partial charge in [0.2, 0.25) is 0 Å². The largest absolute Gasteiger partial charge is 0.492 e. The lowest BCUT2D eigenvalue weighted by molar-refractivity contribution is 0.0270. The van der Waals surface area contributed by atoms with E-state index >= 15 is 0 Å². The van der Waals surface area contributed by atoms with Crippen molar-refractivity contribution in [1.82, 2.24) is 10.2 Å². The zero-order chi connectivity index (χ0) is 28.6. The van der Waals surface area contributed by atoms with Crippen LogP contribution in [0.2, 0.25) is 0 Å². The summed E-state index contributed by atoms with van der Waals surface area (Å²) in [5, 5.41) is 5.52. The molecule has 0 saturated heterocycles. The monoisotopic (exact) mass is 537 g/mol. The summed E-state index contributed by atoms with van der Waals surface area (Å²) in [6.45, 7) is 12.6. The van der Waals surface area contributed by atoms with Gasteiger partial charge in [0.1, 0.15) is 23.6 Å². The molecule has 0 unspecified atom stereocenters. The van der Waals surface area contributed by atoms with E-state index in [0.717, 1.165) is 17.6 Å². The molecule has 2 aromatic rings. The Hall–Kier alpha value is -4.01. The fraction of sp³-hybridized carbons (Fsp3) is 0.433. The third-order valence-corrected chi connectivity index (χ3v) is 5.53. The maximum atomic E-state index is 12.7. The summed E-state index contributed by atoms with van der Waals surface area (Å²) in [6, 6.07) is 14.4. The van der Waals surface area contributed by atoms with Crippen LogP contribution in [-0.4, -0.2) is 60.4 Å². The minimum absolute atomic E-state index is 0.217. The molecule has 0 saturated carbocycles. The zero-order valence-corrected chi connectivity index (χ0v) is 23.6. The van der Waals surface area contributed by atoms with Gasteiger partial charge in [-0.1, -0.05) is 18.2 Å². The summed E-state index contributed by atoms with van der Waals surface area (Å²) in [7, 11) is 0. The maximum absolute atomic E-state index is 12.7. The van der Waals surface area contributed by atoms with E-state index in [1.54, 1.807) is 62.1 Å². The average molecular weight is 538 g/mol. The minimum atomic E-state index is -0.548. The lowest BCUT2D eigenvalue weighted by Gasteiger charge is -2.29. The van der Waals surface area contributed by atoms with Crippen LogP contribution in [0.25, 0.3) is 5.57 Å². The lowest BCUT2D eigenvalue weighted by Crippen LogP contribution is -2.39. The highest BCUT2D eigenvalue weighted by atomic mass is 16.6. The van der Waals surface area contributed by atoms with Crippen molar-refractivity contribution < 1.29 is 28.6 Å². The summed E-state index contributed by atoms with van der Waals surface area (Å²) in [6.07, 6.45) is 1.95. The Labute approximate surface area is 230 Å². The number of benzene rings is 2. The summed E-state index contributed by atoms with van der Waals surface area (Å²) < 4.78 is 16.2. The van der Waals surface area contributed by atoms with Gasteiger partial charge < -0.3 is 29.7 Å². The van der Waals surface area contributed by atoms with Crippen LogP contribution in [0.15, 0.2) is 54.6 Å². The van der Waals surface area contributed by atoms with Crippen LogP contribution in [0.1, 0.15) is 63.9 Å². The molecule has 3 rings (SSSR count). The molecule has 0 atom stereocenters. The van der Waals surface area contributed by atoms with Crippen LogP contribution in [0.5, 0.6) is 5.75 Å². The molecule has 0 radical (unpaired) electrons. The first-order chi connectivity index (χ1) is 18.3. The summed E-state index contributed by atoms with van der Waals surface area (Å²) in [5.74, 6) is 0.403. The Morgan fingerprint density at radius 1 is 0.872 bits per heavy atom. The van der Waals surface area contributed by atoms with Gasteiger partial charge in [0.25, 0.3) is 5.91 Å². The highest BCUT2D eigenvalue weighted by Crippen LogP contribution is 2.24. The summed E-state index contributed by atoms with van der Waals surface area (Å²) in [4.78, 5) is 38.3. The van der Waals surface area contributed by atoms with Crippen molar-refractivity contribution in [1.29, 1.82) is 0 Å². The van der Waals surface area contributed by atoms with Crippen molar-refractivity contribution in [2.24, 2.45) is 0 Å². The first kappa shape index (κ1) is 29.5. The molecule has 0 aliphatic carbocycles. The van der Waals surface area contributed by atoms with Gasteiger partial charge in [-0.15, -0.1) is 0 Å². The van der Waals surface area contributed by atoms with Crippen LogP contribution < -0.4 is 15.4 Å². The molecule has 2 aromatic carbocycles. The number of ether oxygens (including phenoxy) is 3. The van der Waals surface area contributed by atoms with E-state index in [1.165, 1.54) is 0 Å². The minimum Gasteiger partial charge on any atom is -0.492 e. The Kier molecular flexibility index (Phi) is 9.61. The molecule has 1 aliphatic rings. The molecule has 3 amide bonds. The van der Waals surface area contributed by atoms with Gasteiger partial charge in [-0.05, 0) is 95.5 Å². The molecule has 9 nitrogen and oxygen atoms in total. The molecular weight excluding hydrogens is 498 g/mol. The highest BCUT2D eigenvalue weighted by molar-refractivity contribution is 6.04. The number of hydrogen-bond donors (Lipinski definition) is 2. The van der Waals surface area contributed by atoms with E-state index in [1.807, 2.05) is 39.0 Å². The van der Waals surface area contributed by atoms with Crippen molar-refractivity contribution in [3.05, 3.63) is 65.7 Å². The number of alkyl carbamates (subject to hydrolysis) is 1. The number of amides is 3. The smallest absolute Gasteiger partial charge is 0.410 e. The molecular formula is C30H39N3O6. The Balaban J connectivity index is 1.45. The highest BCUT2D eigenvalue weighted by Gasteiger charge is 2.24. The fourth-order valence-electron chi connectivity index (χ4n) is 3.73. The van der Waals surface area contributed by atoms with E-state index in [4.69, 9.17) is 14.2 Å². The van der Waals surface area contributed by atoms with Crippen LogP contribution in [0.3, 0.4) is 0 Å². The van der Waals surface area contributed by atoms with Gasteiger partial charge in [-0.25, -0.2) is 9.59 Å². The van der Waals surface area contributed by atoms with Crippen molar-refractivity contribution >= 4 is 29.4 Å². The number of nitrogens with zero attached hydrogens (tertiary/aromatic N) is 1. The Bertz CT molecular complexity index is 1180. The van der Waals surface area contributed by atoms with Crippen LogP contribution >= 0.6 is 0 Å². The molecule has 9 heteroatoms. The fourth-order valence-corrected chi connectivity index (χ4v) is 3.73. The second-order valence-corrected chi connectivity index (χ2v) is 11.2. The number of carbonyl (C=O) groups excluding carboxylic acids is 3. The Morgan fingerprint density at radius 2 is 1.51 bits per heavy atom. The number of rotatable bonds is 7. The number of anilines is 1. The van der Waals surface area contributed by atoms with E-state index in [-0.39, 0.29) is 18.6 Å². The molecule has 1 aliphatic heterocycles. The molecule has 0 fully saturated rings. The van der Waals surface area contributed by atoms with Gasteiger partial charge in [0, 0.05) is 24.3 Å². The van der Waals surface area contributed by atoms with Crippen LogP contribution in [-0.2, 0) is 9.47 Å². The SMILES string of the molecule is CC(C)(C)OC(=O)NCCOc1ccc(NC(=O)c2ccc(C3=CCN(C(=O)OC(C)(C)C)CC3)cc2)cc1. The van der Waals surface area contributed by atoms with E-state index in [0.29, 0.717) is 36.6 Å². The molecule has 2 N–H and O–H groups in total. The second-order valence-electron chi connectivity index (χ2n) is 11.2. The van der Waals surface area contributed by atoms with Crippen molar-refractivity contribution in [2.45, 2.75) is 59.2 Å². The number of carbonyl (C=O) groups is 3. The predicted octanol–water partition coefficient (Wildman–Crippen LogP) is 5.87. The van der Waals surface area contributed by atoms with Gasteiger partial charge in [0.05, 0.1) is 6.54 Å². The molecule has 0 aromatic heterocycles. The number of nitrogens with one attached hydrogen (secondary N) is 2. The first-order valence-electron chi connectivity index (χ1n) is 13.1. The lowest BCUT2D eigenvalue weighted by atomic mass is 9.98. The van der Waals surface area contributed by atoms with Gasteiger partial charge in [-0.2, -0.15) is 0 Å². The molecule has 39 heavy (non-hydrogen) atoms. The zero-order valence-electron chi connectivity index (χ0n) is 23.6. The van der Waals surface area contributed by atoms with Crippen molar-refractivity contribution in [2.75, 3.05) is 31.6 Å².